The van der Waals surface area contributed by atoms with Crippen LogP contribution in [0.4, 0.5) is 0 Å². The first-order valence-electron chi connectivity index (χ1n) is 6.15. The number of hydrogen-bond acceptors (Lipinski definition) is 0. The highest BCUT2D eigenvalue weighted by atomic mass is 14.3. The smallest absolute Gasteiger partial charge is 0.0383 e. The Labute approximate surface area is 84.1 Å². The molecule has 0 aromatic carbocycles. The van der Waals surface area contributed by atoms with E-state index in [1.54, 1.807) is 0 Å². The molecule has 1 aliphatic rings. The van der Waals surface area contributed by atoms with E-state index >= 15 is 0 Å². The maximum atomic E-state index is 2.45. The third-order valence-corrected chi connectivity index (χ3v) is 4.07. The molecule has 0 bridgehead atoms. The molecule has 1 saturated carbocycles. The lowest BCUT2D eigenvalue weighted by Crippen LogP contribution is -2.14. The molecule has 0 N–H and O–H groups in total. The Hall–Kier alpha value is 0. The highest BCUT2D eigenvalue weighted by Gasteiger charge is 2.29. The summed E-state index contributed by atoms with van der Waals surface area (Å²) in [5.41, 5.74) is 0. The molecular weight excluding hydrogens is 156 g/mol. The average molecular weight is 182 g/mol. The van der Waals surface area contributed by atoms with Gasteiger partial charge in [-0.25, -0.2) is 0 Å². The second-order valence-corrected chi connectivity index (χ2v) is 5.33. The first-order valence-corrected chi connectivity index (χ1v) is 6.15. The van der Waals surface area contributed by atoms with Crippen molar-refractivity contribution in [3.8, 4) is 0 Å². The maximum absolute atomic E-state index is 2.45. The zero-order valence-corrected chi connectivity index (χ0v) is 9.84. The topological polar surface area (TPSA) is 0 Å². The van der Waals surface area contributed by atoms with E-state index in [9.17, 15) is 0 Å². The van der Waals surface area contributed by atoms with E-state index in [0.717, 1.165) is 23.7 Å². The average Bonchev–Trinajstić information content (AvgIpc) is 2.52. The van der Waals surface area contributed by atoms with Gasteiger partial charge >= 0.3 is 0 Å². The summed E-state index contributed by atoms with van der Waals surface area (Å²) in [6.45, 7) is 9.51. The fourth-order valence-electron chi connectivity index (χ4n) is 2.81. The molecule has 0 radical (unpaired) electrons. The molecule has 1 rings (SSSR count). The van der Waals surface area contributed by atoms with Crippen molar-refractivity contribution in [2.75, 3.05) is 0 Å². The summed E-state index contributed by atoms with van der Waals surface area (Å²) in [5.74, 6) is 3.93. The van der Waals surface area contributed by atoms with Crippen LogP contribution in [0.2, 0.25) is 0 Å². The summed E-state index contributed by atoms with van der Waals surface area (Å²) in [4.78, 5) is 0. The minimum absolute atomic E-state index is 0.880. The van der Waals surface area contributed by atoms with Gasteiger partial charge < -0.3 is 0 Å². The molecule has 0 heteroatoms. The second-order valence-electron chi connectivity index (χ2n) is 5.33. The van der Waals surface area contributed by atoms with Crippen molar-refractivity contribution in [2.45, 2.75) is 59.8 Å². The van der Waals surface area contributed by atoms with Gasteiger partial charge in [-0.1, -0.05) is 47.0 Å². The van der Waals surface area contributed by atoms with Crippen molar-refractivity contribution >= 4 is 0 Å². The van der Waals surface area contributed by atoms with Gasteiger partial charge in [-0.05, 0) is 36.5 Å². The highest BCUT2D eigenvalue weighted by molar-refractivity contribution is 4.79. The van der Waals surface area contributed by atoms with Gasteiger partial charge in [-0.15, -0.1) is 0 Å². The van der Waals surface area contributed by atoms with Gasteiger partial charge in [0.2, 0.25) is 0 Å². The Morgan fingerprint density at radius 3 is 2.38 bits per heavy atom. The van der Waals surface area contributed by atoms with Crippen molar-refractivity contribution in [3.63, 3.8) is 0 Å². The van der Waals surface area contributed by atoms with Gasteiger partial charge in [0.15, 0.2) is 0 Å². The lowest BCUT2D eigenvalue weighted by molar-refractivity contribution is 0.273. The number of rotatable bonds is 4. The van der Waals surface area contributed by atoms with Crippen LogP contribution in [-0.4, -0.2) is 0 Å². The first kappa shape index (κ1) is 11.1. The van der Waals surface area contributed by atoms with E-state index in [-0.39, 0.29) is 0 Å². The molecule has 1 aliphatic carbocycles. The first-order chi connectivity index (χ1) is 6.15. The summed E-state index contributed by atoms with van der Waals surface area (Å²) >= 11 is 0. The van der Waals surface area contributed by atoms with Crippen molar-refractivity contribution in [1.29, 1.82) is 0 Å². The molecule has 13 heavy (non-hydrogen) atoms. The SMILES string of the molecule is CCCC1CCC(C(C)C(C)C)C1. The third kappa shape index (κ3) is 3.00. The van der Waals surface area contributed by atoms with Crippen molar-refractivity contribution < 1.29 is 0 Å². The van der Waals surface area contributed by atoms with Gasteiger partial charge in [-0.3, -0.25) is 0 Å². The molecule has 0 aromatic heterocycles. The third-order valence-electron chi connectivity index (χ3n) is 4.07. The fraction of sp³-hybridized carbons (Fsp3) is 1.00. The predicted molar refractivity (Wildman–Crippen MR) is 59.7 cm³/mol. The van der Waals surface area contributed by atoms with E-state index in [1.165, 1.54) is 32.1 Å². The molecule has 0 spiro atoms. The quantitative estimate of drug-likeness (QED) is 0.600. The largest absolute Gasteiger partial charge is 0.0654 e. The van der Waals surface area contributed by atoms with Crippen LogP contribution in [0.15, 0.2) is 0 Å². The lowest BCUT2D eigenvalue weighted by Gasteiger charge is -2.23. The van der Waals surface area contributed by atoms with Gasteiger partial charge in [0.05, 0.1) is 0 Å². The molecule has 0 amide bonds. The Bertz CT molecular complexity index is 137. The predicted octanol–water partition coefficient (Wildman–Crippen LogP) is 4.49. The molecular formula is C13H26. The monoisotopic (exact) mass is 182 g/mol. The Morgan fingerprint density at radius 2 is 1.85 bits per heavy atom. The van der Waals surface area contributed by atoms with Crippen LogP contribution in [0.1, 0.15) is 59.8 Å². The van der Waals surface area contributed by atoms with Crippen LogP contribution >= 0.6 is 0 Å². The van der Waals surface area contributed by atoms with Gasteiger partial charge in [0, 0.05) is 0 Å². The minimum atomic E-state index is 0.880. The molecule has 3 unspecified atom stereocenters. The van der Waals surface area contributed by atoms with Crippen LogP contribution in [0.25, 0.3) is 0 Å². The van der Waals surface area contributed by atoms with Gasteiger partial charge in [0.1, 0.15) is 0 Å². The standard InChI is InChI=1S/C13H26/c1-5-6-12-7-8-13(9-12)11(4)10(2)3/h10-13H,5-9H2,1-4H3. The normalized spacial score (nSPS) is 31.2. The van der Waals surface area contributed by atoms with Crippen LogP contribution in [-0.2, 0) is 0 Å². The molecule has 0 nitrogen and oxygen atoms in total. The summed E-state index contributed by atoms with van der Waals surface area (Å²) in [6.07, 6.45) is 7.39. The maximum Gasteiger partial charge on any atom is -0.0383 e. The Kier molecular flexibility index (Phi) is 4.28. The van der Waals surface area contributed by atoms with E-state index in [2.05, 4.69) is 27.7 Å². The zero-order chi connectivity index (χ0) is 9.84. The minimum Gasteiger partial charge on any atom is -0.0654 e. The van der Waals surface area contributed by atoms with E-state index in [4.69, 9.17) is 0 Å². The Morgan fingerprint density at radius 1 is 1.15 bits per heavy atom. The molecule has 1 fully saturated rings. The summed E-state index contributed by atoms with van der Waals surface area (Å²) < 4.78 is 0. The summed E-state index contributed by atoms with van der Waals surface area (Å²) in [5, 5.41) is 0. The van der Waals surface area contributed by atoms with Crippen molar-refractivity contribution in [3.05, 3.63) is 0 Å². The summed E-state index contributed by atoms with van der Waals surface area (Å²) in [7, 11) is 0. The van der Waals surface area contributed by atoms with Crippen LogP contribution in [0, 0.1) is 23.7 Å². The zero-order valence-electron chi connectivity index (χ0n) is 9.84. The summed E-state index contributed by atoms with van der Waals surface area (Å²) in [6, 6.07) is 0. The van der Waals surface area contributed by atoms with Crippen LogP contribution in [0.3, 0.4) is 0 Å². The second kappa shape index (κ2) is 5.02. The van der Waals surface area contributed by atoms with Gasteiger partial charge in [0.25, 0.3) is 0 Å². The molecule has 78 valence electrons. The van der Waals surface area contributed by atoms with E-state index < -0.39 is 0 Å². The van der Waals surface area contributed by atoms with E-state index in [0.29, 0.717) is 0 Å². The van der Waals surface area contributed by atoms with Gasteiger partial charge in [-0.2, -0.15) is 0 Å². The van der Waals surface area contributed by atoms with Crippen molar-refractivity contribution in [2.24, 2.45) is 23.7 Å². The molecule has 0 aliphatic heterocycles. The molecule has 0 heterocycles. The van der Waals surface area contributed by atoms with Crippen LogP contribution in [0.5, 0.6) is 0 Å². The molecule has 0 aromatic rings. The lowest BCUT2D eigenvalue weighted by atomic mass is 9.83. The van der Waals surface area contributed by atoms with E-state index in [1.807, 2.05) is 0 Å². The Balaban J connectivity index is 2.31. The van der Waals surface area contributed by atoms with Crippen LogP contribution < -0.4 is 0 Å². The molecule has 3 atom stereocenters. The number of hydrogen-bond donors (Lipinski definition) is 0. The highest BCUT2D eigenvalue weighted by Crippen LogP contribution is 2.40. The molecule has 0 saturated heterocycles. The van der Waals surface area contributed by atoms with Crippen molar-refractivity contribution in [1.82, 2.24) is 0 Å². The fourth-order valence-corrected chi connectivity index (χ4v) is 2.81.